The van der Waals surface area contributed by atoms with Crippen molar-refractivity contribution in [3.8, 4) is 17.2 Å². The second-order valence-electron chi connectivity index (χ2n) is 4.95. The van der Waals surface area contributed by atoms with Gasteiger partial charge in [-0.1, -0.05) is 30.3 Å². The summed E-state index contributed by atoms with van der Waals surface area (Å²) in [6.45, 7) is 0.391. The largest absolute Gasteiger partial charge is 0.496 e. The number of carbonyl (C=O) groups excluding carboxylic acids is 1. The molecule has 0 aromatic heterocycles. The molecule has 5 nitrogen and oxygen atoms in total. The lowest BCUT2D eigenvalue weighted by atomic mass is 10.1. The summed E-state index contributed by atoms with van der Waals surface area (Å²) in [6, 6.07) is 13.1. The minimum absolute atomic E-state index is 0.203. The number of para-hydroxylation sites is 2. The molecule has 0 aliphatic rings. The van der Waals surface area contributed by atoms with E-state index in [0.717, 1.165) is 16.9 Å². The number of methoxy groups -OCH3 is 3. The first kappa shape index (κ1) is 17.4. The highest BCUT2D eigenvalue weighted by atomic mass is 16.5. The van der Waals surface area contributed by atoms with Crippen LogP contribution in [0.25, 0.3) is 6.08 Å². The summed E-state index contributed by atoms with van der Waals surface area (Å²) in [5.41, 5.74) is 1.69. The van der Waals surface area contributed by atoms with Gasteiger partial charge in [-0.05, 0) is 18.2 Å². The maximum atomic E-state index is 12.0. The van der Waals surface area contributed by atoms with Gasteiger partial charge in [-0.25, -0.2) is 0 Å². The van der Waals surface area contributed by atoms with Crippen molar-refractivity contribution in [1.82, 2.24) is 5.32 Å². The molecule has 0 aliphatic carbocycles. The fourth-order valence-electron chi connectivity index (χ4n) is 2.30. The van der Waals surface area contributed by atoms with Crippen LogP contribution < -0.4 is 19.5 Å². The highest BCUT2D eigenvalue weighted by molar-refractivity contribution is 5.92. The Hall–Kier alpha value is -2.95. The van der Waals surface area contributed by atoms with E-state index in [9.17, 15) is 4.79 Å². The van der Waals surface area contributed by atoms with Gasteiger partial charge in [0, 0.05) is 23.7 Å². The molecule has 2 rings (SSSR count). The number of hydrogen-bond donors (Lipinski definition) is 1. The van der Waals surface area contributed by atoms with Gasteiger partial charge in [-0.3, -0.25) is 4.79 Å². The van der Waals surface area contributed by atoms with Gasteiger partial charge in [0.1, 0.15) is 5.75 Å². The molecular weight excluding hydrogens is 306 g/mol. The molecule has 0 atom stereocenters. The molecule has 2 aromatic carbocycles. The molecule has 0 fully saturated rings. The average Bonchev–Trinajstić information content (AvgIpc) is 2.64. The number of hydrogen-bond acceptors (Lipinski definition) is 4. The number of ether oxygens (including phenoxy) is 3. The molecule has 24 heavy (non-hydrogen) atoms. The standard InChI is InChI=1S/C19H21NO4/c1-22-16-9-5-4-7-15(16)13-20-18(21)12-11-14-8-6-10-17(23-2)19(14)24-3/h4-12H,13H2,1-3H3,(H,20,21). The summed E-state index contributed by atoms with van der Waals surface area (Å²) >= 11 is 0. The van der Waals surface area contributed by atoms with Gasteiger partial charge in [0.2, 0.25) is 5.91 Å². The van der Waals surface area contributed by atoms with Crippen molar-refractivity contribution in [3.05, 3.63) is 59.7 Å². The molecule has 0 heterocycles. The van der Waals surface area contributed by atoms with Crippen molar-refractivity contribution in [1.29, 1.82) is 0 Å². The van der Waals surface area contributed by atoms with Crippen LogP contribution >= 0.6 is 0 Å². The Morgan fingerprint density at radius 3 is 2.38 bits per heavy atom. The first-order chi connectivity index (χ1) is 11.7. The number of benzene rings is 2. The average molecular weight is 327 g/mol. The number of nitrogens with one attached hydrogen (secondary N) is 1. The van der Waals surface area contributed by atoms with E-state index in [1.807, 2.05) is 36.4 Å². The van der Waals surface area contributed by atoms with Gasteiger partial charge in [0.05, 0.1) is 21.3 Å². The van der Waals surface area contributed by atoms with Crippen LogP contribution in [0.3, 0.4) is 0 Å². The molecule has 0 aliphatic heterocycles. The highest BCUT2D eigenvalue weighted by Gasteiger charge is 2.07. The Labute approximate surface area is 141 Å². The normalized spacial score (nSPS) is 10.5. The van der Waals surface area contributed by atoms with Crippen LogP contribution in [-0.4, -0.2) is 27.2 Å². The van der Waals surface area contributed by atoms with Crippen molar-refractivity contribution in [2.24, 2.45) is 0 Å². The summed E-state index contributed by atoms with van der Waals surface area (Å²) < 4.78 is 15.8. The maximum absolute atomic E-state index is 12.0. The van der Waals surface area contributed by atoms with Crippen molar-refractivity contribution in [3.63, 3.8) is 0 Å². The monoisotopic (exact) mass is 327 g/mol. The fraction of sp³-hybridized carbons (Fsp3) is 0.211. The second kappa shape index (κ2) is 8.62. The van der Waals surface area contributed by atoms with Crippen LogP contribution in [0.5, 0.6) is 17.2 Å². The van der Waals surface area contributed by atoms with Crippen molar-refractivity contribution in [2.45, 2.75) is 6.54 Å². The number of amides is 1. The highest BCUT2D eigenvalue weighted by Crippen LogP contribution is 2.31. The SMILES string of the molecule is COc1ccccc1CNC(=O)C=Cc1cccc(OC)c1OC. The lowest BCUT2D eigenvalue weighted by Gasteiger charge is -2.10. The van der Waals surface area contributed by atoms with Crippen molar-refractivity contribution in [2.75, 3.05) is 21.3 Å². The predicted octanol–water partition coefficient (Wildman–Crippen LogP) is 3.04. The number of carbonyl (C=O) groups is 1. The van der Waals surface area contributed by atoms with E-state index < -0.39 is 0 Å². The maximum Gasteiger partial charge on any atom is 0.244 e. The summed E-state index contributed by atoms with van der Waals surface area (Å²) in [7, 11) is 4.75. The van der Waals surface area contributed by atoms with E-state index >= 15 is 0 Å². The van der Waals surface area contributed by atoms with E-state index in [4.69, 9.17) is 14.2 Å². The molecule has 0 spiro atoms. The molecule has 1 N–H and O–H groups in total. The smallest absolute Gasteiger partial charge is 0.244 e. The van der Waals surface area contributed by atoms with Gasteiger partial charge < -0.3 is 19.5 Å². The van der Waals surface area contributed by atoms with Crippen LogP contribution in [0.15, 0.2) is 48.5 Å². The molecule has 0 saturated heterocycles. The van der Waals surface area contributed by atoms with E-state index in [1.54, 1.807) is 33.5 Å². The summed E-state index contributed by atoms with van der Waals surface area (Å²) in [5, 5.41) is 2.83. The van der Waals surface area contributed by atoms with Crippen LogP contribution in [0.4, 0.5) is 0 Å². The minimum Gasteiger partial charge on any atom is -0.496 e. The molecule has 5 heteroatoms. The van der Waals surface area contributed by atoms with Crippen LogP contribution in [-0.2, 0) is 11.3 Å². The molecule has 2 aromatic rings. The number of rotatable bonds is 7. The minimum atomic E-state index is -0.203. The molecule has 0 saturated carbocycles. The quantitative estimate of drug-likeness (QED) is 0.794. The van der Waals surface area contributed by atoms with Crippen LogP contribution in [0, 0.1) is 0 Å². The molecule has 126 valence electrons. The molecule has 0 radical (unpaired) electrons. The van der Waals surface area contributed by atoms with Crippen molar-refractivity contribution >= 4 is 12.0 Å². The topological polar surface area (TPSA) is 56.8 Å². The zero-order valence-corrected chi connectivity index (χ0v) is 14.0. The molecule has 0 bridgehead atoms. The summed E-state index contributed by atoms with van der Waals surface area (Å²) in [4.78, 5) is 12.0. The van der Waals surface area contributed by atoms with Gasteiger partial charge in [0.15, 0.2) is 11.5 Å². The van der Waals surface area contributed by atoms with Crippen LogP contribution in [0.1, 0.15) is 11.1 Å². The zero-order chi connectivity index (χ0) is 17.4. The lowest BCUT2D eigenvalue weighted by Crippen LogP contribution is -2.20. The Morgan fingerprint density at radius 1 is 0.958 bits per heavy atom. The van der Waals surface area contributed by atoms with E-state index in [1.165, 1.54) is 6.08 Å². The second-order valence-corrected chi connectivity index (χ2v) is 4.95. The molecule has 0 unspecified atom stereocenters. The Kier molecular flexibility index (Phi) is 6.25. The van der Waals surface area contributed by atoms with Crippen molar-refractivity contribution < 1.29 is 19.0 Å². The first-order valence-electron chi connectivity index (χ1n) is 7.48. The molecular formula is C19H21NO4. The van der Waals surface area contributed by atoms with Crippen LogP contribution in [0.2, 0.25) is 0 Å². The van der Waals surface area contributed by atoms with Gasteiger partial charge in [0.25, 0.3) is 0 Å². The summed E-state index contributed by atoms with van der Waals surface area (Å²) in [5.74, 6) is 1.75. The fourth-order valence-corrected chi connectivity index (χ4v) is 2.30. The van der Waals surface area contributed by atoms with E-state index in [2.05, 4.69) is 5.32 Å². The first-order valence-corrected chi connectivity index (χ1v) is 7.48. The third-order valence-corrected chi connectivity index (χ3v) is 3.49. The third-order valence-electron chi connectivity index (χ3n) is 3.49. The Balaban J connectivity index is 2.03. The zero-order valence-electron chi connectivity index (χ0n) is 14.0. The van der Waals surface area contributed by atoms with Gasteiger partial charge in [-0.2, -0.15) is 0 Å². The lowest BCUT2D eigenvalue weighted by molar-refractivity contribution is -0.116. The van der Waals surface area contributed by atoms with E-state index in [-0.39, 0.29) is 5.91 Å². The summed E-state index contributed by atoms with van der Waals surface area (Å²) in [6.07, 6.45) is 3.16. The predicted molar refractivity (Wildman–Crippen MR) is 93.4 cm³/mol. The van der Waals surface area contributed by atoms with E-state index in [0.29, 0.717) is 18.0 Å². The Morgan fingerprint density at radius 2 is 1.67 bits per heavy atom. The Bertz CT molecular complexity index is 725. The third kappa shape index (κ3) is 4.29. The molecule has 1 amide bonds. The van der Waals surface area contributed by atoms with Gasteiger partial charge >= 0.3 is 0 Å². The van der Waals surface area contributed by atoms with Gasteiger partial charge in [-0.15, -0.1) is 0 Å².